The molecule has 0 saturated heterocycles. The fourth-order valence-corrected chi connectivity index (χ4v) is 1.27. The summed E-state index contributed by atoms with van der Waals surface area (Å²) in [4.78, 5) is 2.13. The Morgan fingerprint density at radius 1 is 1.33 bits per heavy atom. The molecule has 0 heterocycles. The van der Waals surface area contributed by atoms with E-state index in [1.807, 2.05) is 26.0 Å². The summed E-state index contributed by atoms with van der Waals surface area (Å²) in [7, 11) is 2.05. The molecule has 2 heteroatoms. The van der Waals surface area contributed by atoms with E-state index >= 15 is 0 Å². The minimum Gasteiger partial charge on any atom is -0.405 e. The van der Waals surface area contributed by atoms with Gasteiger partial charge in [0, 0.05) is 13.6 Å². The number of hydrogen-bond acceptors (Lipinski definition) is 2. The summed E-state index contributed by atoms with van der Waals surface area (Å²) in [6.07, 6.45) is 11.8. The normalized spacial score (nSPS) is 14.1. The maximum atomic E-state index is 5.38. The largest absolute Gasteiger partial charge is 0.405 e. The molecular weight excluding hydrogens is 184 g/mol. The van der Waals surface area contributed by atoms with E-state index in [9.17, 15) is 0 Å². The van der Waals surface area contributed by atoms with E-state index < -0.39 is 0 Å². The van der Waals surface area contributed by atoms with Crippen LogP contribution >= 0.6 is 0 Å². The van der Waals surface area contributed by atoms with Gasteiger partial charge in [-0.05, 0) is 50.4 Å². The minimum atomic E-state index is 0.909. The van der Waals surface area contributed by atoms with Crippen LogP contribution in [0.25, 0.3) is 0 Å². The average molecular weight is 206 g/mol. The number of hydrogen-bond donors (Lipinski definition) is 1. The van der Waals surface area contributed by atoms with Gasteiger partial charge >= 0.3 is 0 Å². The van der Waals surface area contributed by atoms with Gasteiger partial charge in [-0.25, -0.2) is 0 Å². The molecule has 0 rings (SSSR count). The third kappa shape index (κ3) is 5.78. The molecule has 0 unspecified atom stereocenters. The van der Waals surface area contributed by atoms with Crippen LogP contribution in [0, 0.1) is 0 Å². The van der Waals surface area contributed by atoms with Crippen LogP contribution in [0.4, 0.5) is 0 Å². The van der Waals surface area contributed by atoms with Crippen LogP contribution < -0.4 is 5.73 Å². The zero-order valence-electron chi connectivity index (χ0n) is 10.2. The van der Waals surface area contributed by atoms with E-state index in [2.05, 4.69) is 37.2 Å². The lowest BCUT2D eigenvalue weighted by Crippen LogP contribution is -2.10. The maximum absolute atomic E-state index is 5.38. The number of allylic oxidation sites excluding steroid dienone is 5. The van der Waals surface area contributed by atoms with E-state index in [0.29, 0.717) is 0 Å². The molecule has 0 amide bonds. The molecule has 15 heavy (non-hydrogen) atoms. The van der Waals surface area contributed by atoms with Crippen LogP contribution in [0.2, 0.25) is 0 Å². The highest BCUT2D eigenvalue weighted by Crippen LogP contribution is 2.10. The lowest BCUT2D eigenvalue weighted by molar-refractivity contribution is 0.508. The molecule has 84 valence electrons. The van der Waals surface area contributed by atoms with Crippen LogP contribution in [-0.2, 0) is 0 Å². The molecule has 0 aromatic carbocycles. The Morgan fingerprint density at radius 2 is 2.00 bits per heavy atom. The van der Waals surface area contributed by atoms with Crippen molar-refractivity contribution in [3.63, 3.8) is 0 Å². The Labute approximate surface area is 93.5 Å². The zero-order valence-corrected chi connectivity index (χ0v) is 10.2. The Morgan fingerprint density at radius 3 is 2.47 bits per heavy atom. The lowest BCUT2D eigenvalue weighted by atomic mass is 10.1. The molecule has 2 nitrogen and oxygen atoms in total. The van der Waals surface area contributed by atoms with Crippen molar-refractivity contribution in [1.82, 2.24) is 4.90 Å². The van der Waals surface area contributed by atoms with E-state index in [0.717, 1.165) is 6.54 Å². The second-order valence-electron chi connectivity index (χ2n) is 3.41. The quantitative estimate of drug-likeness (QED) is 0.701. The van der Waals surface area contributed by atoms with Crippen molar-refractivity contribution in [2.24, 2.45) is 5.73 Å². The van der Waals surface area contributed by atoms with Crippen LogP contribution in [0.5, 0.6) is 0 Å². The fraction of sp³-hybridized carbons (Fsp3) is 0.385. The molecule has 0 radical (unpaired) electrons. The van der Waals surface area contributed by atoms with Gasteiger partial charge in [-0.15, -0.1) is 0 Å². The van der Waals surface area contributed by atoms with Crippen LogP contribution in [0.1, 0.15) is 20.8 Å². The SMILES string of the molecule is C/C=C\N(C)C/C=C(C)/C(/C=C\N)=C/C. The maximum Gasteiger partial charge on any atom is 0.0356 e. The van der Waals surface area contributed by atoms with E-state index in [-0.39, 0.29) is 0 Å². The van der Waals surface area contributed by atoms with Crippen molar-refractivity contribution in [3.8, 4) is 0 Å². The molecule has 0 aromatic heterocycles. The predicted molar refractivity (Wildman–Crippen MR) is 68.3 cm³/mol. The van der Waals surface area contributed by atoms with Gasteiger partial charge in [-0.2, -0.15) is 0 Å². The highest BCUT2D eigenvalue weighted by molar-refractivity contribution is 5.37. The second-order valence-corrected chi connectivity index (χ2v) is 3.41. The van der Waals surface area contributed by atoms with Gasteiger partial charge in [-0.3, -0.25) is 0 Å². The van der Waals surface area contributed by atoms with Crippen molar-refractivity contribution in [2.75, 3.05) is 13.6 Å². The summed E-state index contributed by atoms with van der Waals surface area (Å²) < 4.78 is 0. The third-order valence-electron chi connectivity index (χ3n) is 2.13. The molecule has 0 aliphatic carbocycles. The smallest absolute Gasteiger partial charge is 0.0356 e. The third-order valence-corrected chi connectivity index (χ3v) is 2.13. The van der Waals surface area contributed by atoms with Crippen molar-refractivity contribution in [3.05, 3.63) is 47.9 Å². The number of nitrogens with zero attached hydrogens (tertiary/aromatic N) is 1. The topological polar surface area (TPSA) is 29.3 Å². The summed E-state index contributed by atoms with van der Waals surface area (Å²) in [5, 5.41) is 0. The number of likely N-dealkylation sites (N-methyl/N-ethyl adjacent to an activating group) is 1. The average Bonchev–Trinajstić information content (AvgIpc) is 2.23. The van der Waals surface area contributed by atoms with Gasteiger partial charge in [-0.1, -0.05) is 18.2 Å². The number of nitrogens with two attached hydrogens (primary N) is 1. The summed E-state index contributed by atoms with van der Waals surface area (Å²) in [6, 6.07) is 0. The van der Waals surface area contributed by atoms with Gasteiger partial charge in [0.25, 0.3) is 0 Å². The summed E-state index contributed by atoms with van der Waals surface area (Å²) in [5.74, 6) is 0. The Kier molecular flexibility index (Phi) is 7.16. The minimum absolute atomic E-state index is 0.909. The fourth-order valence-electron chi connectivity index (χ4n) is 1.27. The molecule has 0 aliphatic rings. The van der Waals surface area contributed by atoms with E-state index in [1.165, 1.54) is 11.1 Å². The van der Waals surface area contributed by atoms with Crippen LogP contribution in [0.15, 0.2) is 47.9 Å². The molecule has 0 spiro atoms. The molecule has 0 aromatic rings. The molecule has 0 fully saturated rings. The monoisotopic (exact) mass is 206 g/mol. The Bertz CT molecular complexity index is 283. The van der Waals surface area contributed by atoms with Crippen molar-refractivity contribution in [2.45, 2.75) is 20.8 Å². The van der Waals surface area contributed by atoms with Crippen molar-refractivity contribution < 1.29 is 0 Å². The van der Waals surface area contributed by atoms with Crippen molar-refractivity contribution in [1.29, 1.82) is 0 Å². The van der Waals surface area contributed by atoms with E-state index in [1.54, 1.807) is 6.20 Å². The van der Waals surface area contributed by atoms with Gasteiger partial charge < -0.3 is 10.6 Å². The first-order chi connectivity index (χ1) is 7.15. The zero-order chi connectivity index (χ0) is 11.7. The predicted octanol–water partition coefficient (Wildman–Crippen LogP) is 2.82. The van der Waals surface area contributed by atoms with Gasteiger partial charge in [0.1, 0.15) is 0 Å². The first kappa shape index (κ1) is 13.6. The second kappa shape index (κ2) is 7.92. The molecule has 0 bridgehead atoms. The molecule has 0 aliphatic heterocycles. The number of rotatable bonds is 5. The lowest BCUT2D eigenvalue weighted by Gasteiger charge is -2.11. The molecular formula is C13H22N2. The molecule has 0 atom stereocenters. The van der Waals surface area contributed by atoms with E-state index in [4.69, 9.17) is 5.73 Å². The standard InChI is InChI=1S/C13H22N2/c1-5-10-15(4)11-8-12(3)13(6-2)7-9-14/h5-10H,11,14H2,1-4H3/b9-7-,10-5-,12-8+,13-6+. The highest BCUT2D eigenvalue weighted by atomic mass is 15.1. The van der Waals surface area contributed by atoms with Crippen LogP contribution in [-0.4, -0.2) is 18.5 Å². The van der Waals surface area contributed by atoms with Gasteiger partial charge in [0.15, 0.2) is 0 Å². The first-order valence-electron chi connectivity index (χ1n) is 5.20. The van der Waals surface area contributed by atoms with Gasteiger partial charge in [0.2, 0.25) is 0 Å². The Hall–Kier alpha value is -1.44. The summed E-state index contributed by atoms with van der Waals surface area (Å²) in [6.45, 7) is 7.04. The summed E-state index contributed by atoms with van der Waals surface area (Å²) >= 11 is 0. The highest BCUT2D eigenvalue weighted by Gasteiger charge is 1.94. The first-order valence-corrected chi connectivity index (χ1v) is 5.20. The van der Waals surface area contributed by atoms with Crippen molar-refractivity contribution >= 4 is 0 Å². The van der Waals surface area contributed by atoms with Gasteiger partial charge in [0.05, 0.1) is 0 Å². The molecule has 2 N–H and O–H groups in total. The van der Waals surface area contributed by atoms with Crippen LogP contribution in [0.3, 0.4) is 0 Å². The summed E-state index contributed by atoms with van der Waals surface area (Å²) in [5.41, 5.74) is 7.79. The molecule has 0 saturated carbocycles. The Balaban J connectivity index is 4.42.